The molecule has 4 atom stereocenters. The van der Waals surface area contributed by atoms with Crippen LogP contribution in [-0.4, -0.2) is 86.1 Å². The zero-order valence-corrected chi connectivity index (χ0v) is 24.2. The van der Waals surface area contributed by atoms with Crippen LogP contribution in [0.3, 0.4) is 0 Å². The fourth-order valence-corrected chi connectivity index (χ4v) is 8.81. The molecule has 2 aromatic heterocycles. The van der Waals surface area contributed by atoms with E-state index in [1.54, 1.807) is 0 Å². The highest BCUT2D eigenvalue weighted by Gasteiger charge is 2.43. The number of aromatic hydroxyl groups is 1. The van der Waals surface area contributed by atoms with E-state index < -0.39 is 72.2 Å². The molecule has 20 heteroatoms. The number of hydrogen-bond acceptors (Lipinski definition) is 13. The van der Waals surface area contributed by atoms with Gasteiger partial charge in [0.25, 0.3) is 20.2 Å². The van der Waals surface area contributed by atoms with Crippen molar-refractivity contribution in [3.63, 3.8) is 0 Å². The predicted molar refractivity (Wildman–Crippen MR) is 141 cm³/mol. The summed E-state index contributed by atoms with van der Waals surface area (Å²) in [5.41, 5.74) is 0.0825. The first-order valence-corrected chi connectivity index (χ1v) is 17.1. The maximum absolute atomic E-state index is 13.9. The van der Waals surface area contributed by atoms with E-state index in [-0.39, 0.29) is 35.1 Å². The van der Waals surface area contributed by atoms with E-state index in [4.69, 9.17) is 9.11 Å². The zero-order valence-electron chi connectivity index (χ0n) is 20.9. The molecule has 0 saturated heterocycles. The van der Waals surface area contributed by atoms with Crippen LogP contribution in [-0.2, 0) is 25.0 Å². The highest BCUT2D eigenvalue weighted by Crippen LogP contribution is 2.48. The van der Waals surface area contributed by atoms with Crippen LogP contribution in [0.2, 0.25) is 0 Å². The number of thioether (sulfide) groups is 2. The number of carbonyl (C=O) groups excluding carboxylic acids is 1. The minimum absolute atomic E-state index is 0.0844. The second-order valence-electron chi connectivity index (χ2n) is 8.83. The van der Waals surface area contributed by atoms with Gasteiger partial charge in [-0.2, -0.15) is 40.4 Å². The van der Waals surface area contributed by atoms with Crippen molar-refractivity contribution in [3.05, 3.63) is 36.2 Å². The van der Waals surface area contributed by atoms with Crippen molar-refractivity contribution < 1.29 is 53.8 Å². The monoisotopic (exact) mass is 662 g/mol. The zero-order chi connectivity index (χ0) is 30.4. The first-order chi connectivity index (χ1) is 19.0. The van der Waals surface area contributed by atoms with Crippen molar-refractivity contribution in [1.29, 1.82) is 0 Å². The van der Waals surface area contributed by atoms with Gasteiger partial charge in [-0.25, -0.2) is 9.97 Å². The van der Waals surface area contributed by atoms with Gasteiger partial charge in [0, 0.05) is 35.7 Å². The number of nitrogens with zero attached hydrogens (tertiary/aromatic N) is 4. The largest absolute Gasteiger partial charge is 0.574 e. The molecular weight excluding hydrogens is 638 g/mol. The lowest BCUT2D eigenvalue weighted by Crippen LogP contribution is -2.35. The second-order valence-corrected chi connectivity index (χ2v) is 14.5. The number of aromatic nitrogens is 4. The average Bonchev–Trinajstić information content (AvgIpc) is 2.83. The molecule has 3 rings (SSSR count). The fraction of sp³-hybridized carbons (Fsp3) is 0.571. The van der Waals surface area contributed by atoms with E-state index in [1.807, 2.05) is 0 Å². The molecule has 0 radical (unpaired) electrons. The molecular formula is C21H25F3N4O9S4. The first-order valence-electron chi connectivity index (χ1n) is 11.8. The number of ketones is 1. The molecule has 2 aromatic rings. The first kappa shape index (κ1) is 33.2. The molecule has 228 valence electrons. The van der Waals surface area contributed by atoms with E-state index in [9.17, 15) is 39.9 Å². The highest BCUT2D eigenvalue weighted by molar-refractivity contribution is 8.00. The summed E-state index contributed by atoms with van der Waals surface area (Å²) < 4.78 is 106. The Balaban J connectivity index is 1.96. The van der Waals surface area contributed by atoms with Crippen molar-refractivity contribution in [1.82, 2.24) is 19.9 Å². The molecule has 0 aliphatic heterocycles. The van der Waals surface area contributed by atoms with Crippen LogP contribution in [0.4, 0.5) is 13.2 Å². The average molecular weight is 663 g/mol. The minimum atomic E-state index is -5.07. The summed E-state index contributed by atoms with van der Waals surface area (Å²) in [5.74, 6) is -5.15. The number of rotatable bonds is 13. The third-order valence-corrected chi connectivity index (χ3v) is 10.5. The Hall–Kier alpha value is -2.26. The number of halogens is 3. The molecule has 1 aliphatic carbocycles. The van der Waals surface area contributed by atoms with Crippen molar-refractivity contribution in [3.8, 4) is 11.8 Å². The Morgan fingerprint density at radius 1 is 0.878 bits per heavy atom. The van der Waals surface area contributed by atoms with Gasteiger partial charge >= 0.3 is 6.36 Å². The third kappa shape index (κ3) is 10.8. The topological polar surface area (TPSA) is 207 Å². The molecule has 1 saturated carbocycles. The molecule has 41 heavy (non-hydrogen) atoms. The molecule has 1 fully saturated rings. The molecule has 2 heterocycles. The molecule has 3 N–H and O–H groups in total. The van der Waals surface area contributed by atoms with Gasteiger partial charge in [-0.15, -0.1) is 13.2 Å². The lowest BCUT2D eigenvalue weighted by Gasteiger charge is -2.36. The highest BCUT2D eigenvalue weighted by atomic mass is 32.2. The van der Waals surface area contributed by atoms with Crippen molar-refractivity contribution >= 4 is 49.5 Å². The summed E-state index contributed by atoms with van der Waals surface area (Å²) in [5, 5.41) is 8.05. The van der Waals surface area contributed by atoms with Gasteiger partial charge < -0.3 is 9.84 Å². The normalized spacial score (nSPS) is 20.0. The van der Waals surface area contributed by atoms with Crippen LogP contribution in [0.15, 0.2) is 24.8 Å². The van der Waals surface area contributed by atoms with Crippen LogP contribution < -0.4 is 4.74 Å². The van der Waals surface area contributed by atoms with Crippen molar-refractivity contribution in [2.24, 2.45) is 11.8 Å². The summed E-state index contributed by atoms with van der Waals surface area (Å²) in [6, 6.07) is 0. The fourth-order valence-electron chi connectivity index (χ4n) is 4.27. The number of ether oxygens (including phenoxy) is 1. The molecule has 4 unspecified atom stereocenters. The van der Waals surface area contributed by atoms with Crippen LogP contribution in [0.1, 0.15) is 41.2 Å². The second kappa shape index (κ2) is 13.8. The van der Waals surface area contributed by atoms with E-state index in [1.165, 1.54) is 6.20 Å². The minimum Gasteiger partial charge on any atom is -0.492 e. The summed E-state index contributed by atoms with van der Waals surface area (Å²) in [4.78, 5) is 29.4. The lowest BCUT2D eigenvalue weighted by atomic mass is 9.76. The predicted octanol–water partition coefficient (Wildman–Crippen LogP) is 2.88. The Kier molecular flexibility index (Phi) is 11.2. The quantitative estimate of drug-likeness (QED) is 0.264. The van der Waals surface area contributed by atoms with Crippen LogP contribution >= 0.6 is 23.5 Å². The van der Waals surface area contributed by atoms with Crippen LogP contribution in [0, 0.1) is 11.8 Å². The summed E-state index contributed by atoms with van der Waals surface area (Å²) in [6.45, 7) is 0. The Bertz CT molecular complexity index is 1430. The van der Waals surface area contributed by atoms with E-state index in [0.29, 0.717) is 12.8 Å². The van der Waals surface area contributed by atoms with Gasteiger partial charge in [0.1, 0.15) is 5.78 Å². The molecule has 0 spiro atoms. The Morgan fingerprint density at radius 3 is 1.83 bits per heavy atom. The smallest absolute Gasteiger partial charge is 0.492 e. The number of alkyl halides is 3. The van der Waals surface area contributed by atoms with Crippen molar-refractivity contribution in [2.75, 3.05) is 23.0 Å². The Morgan fingerprint density at radius 2 is 1.37 bits per heavy atom. The molecule has 13 nitrogen and oxygen atoms in total. The van der Waals surface area contributed by atoms with Crippen LogP contribution in [0.5, 0.6) is 11.8 Å². The van der Waals surface area contributed by atoms with E-state index >= 15 is 0 Å². The van der Waals surface area contributed by atoms with Gasteiger partial charge in [0.05, 0.1) is 45.8 Å². The third-order valence-electron chi connectivity index (χ3n) is 5.84. The van der Waals surface area contributed by atoms with Gasteiger partial charge in [-0.1, -0.05) is 6.42 Å². The van der Waals surface area contributed by atoms with E-state index in [2.05, 4.69) is 24.7 Å². The number of Topliss-reactive ketones (excluding diaryl/α,β-unsaturated/α-hetero) is 1. The van der Waals surface area contributed by atoms with Crippen LogP contribution in [0.25, 0.3) is 0 Å². The SMILES string of the molecule is O=C1C(C(SCCS(=O)(=O)O)c2cncc(O)n2)CCCC1C(SCCS(=O)(=O)O)c1cncc(OC(F)(F)F)n1. The van der Waals surface area contributed by atoms with Gasteiger partial charge in [0.2, 0.25) is 11.8 Å². The van der Waals surface area contributed by atoms with Crippen molar-refractivity contribution in [2.45, 2.75) is 36.1 Å². The van der Waals surface area contributed by atoms with E-state index in [0.717, 1.165) is 42.1 Å². The summed E-state index contributed by atoms with van der Waals surface area (Å²) in [6.07, 6.45) is 0.135. The van der Waals surface area contributed by atoms with Gasteiger partial charge in [0.15, 0.2) is 0 Å². The molecule has 0 aromatic carbocycles. The number of hydrogen-bond donors (Lipinski definition) is 3. The molecule has 0 bridgehead atoms. The molecule has 1 aliphatic rings. The summed E-state index contributed by atoms with van der Waals surface area (Å²) in [7, 11) is -8.72. The maximum Gasteiger partial charge on any atom is 0.574 e. The Labute approximate surface area is 241 Å². The standard InChI is InChI=1S/C21H25F3N4O9S4/c22-21(23,24)37-17-11-26-9-15(28-17)20(39-5-7-41(34,35)36)13-3-1-2-12(18(13)30)19(38-4-6-40(31,32)33)14-8-25-10-16(29)27-14/h8-13,19-20H,1-7H2,(H,27,29)(H,31,32,33)(H,34,35,36). The molecule has 0 amide bonds. The van der Waals surface area contributed by atoms with Gasteiger partial charge in [-0.3, -0.25) is 23.9 Å². The summed E-state index contributed by atoms with van der Waals surface area (Å²) >= 11 is 1.88. The number of carbonyl (C=O) groups is 1. The lowest BCUT2D eigenvalue weighted by molar-refractivity contribution is -0.276. The maximum atomic E-state index is 13.9. The van der Waals surface area contributed by atoms with Gasteiger partial charge in [-0.05, 0) is 12.8 Å².